The van der Waals surface area contributed by atoms with E-state index in [1.807, 2.05) is 12.4 Å². The number of aromatic nitrogens is 2. The lowest BCUT2D eigenvalue weighted by Crippen LogP contribution is -2.35. The van der Waals surface area contributed by atoms with Crippen molar-refractivity contribution in [3.63, 3.8) is 0 Å². The zero-order valence-electron chi connectivity index (χ0n) is 19.5. The standard InChI is InChI=1S/C29H34N4/c1-2-8-24-23(5-1)19-26-25(24)12-17-31-27(26)20-33(18-13-21-10-15-30-16-11-21)28-9-3-6-22-7-4-14-32-29(22)28/h1-2,4-5,7-8,12,14,17,21,28,30H,3,6,9-11,13,15-16,18-20H2. The largest absolute Gasteiger partial charge is 0.317 e. The van der Waals surface area contributed by atoms with Gasteiger partial charge in [0.05, 0.1) is 17.4 Å². The number of hydrogen-bond donors (Lipinski definition) is 1. The van der Waals surface area contributed by atoms with Gasteiger partial charge in [0, 0.05) is 25.4 Å². The fourth-order valence-electron chi connectivity index (χ4n) is 6.25. The number of piperidine rings is 1. The highest BCUT2D eigenvalue weighted by molar-refractivity contribution is 5.77. The Morgan fingerprint density at radius 3 is 2.70 bits per heavy atom. The van der Waals surface area contributed by atoms with Crippen LogP contribution in [0.15, 0.2) is 54.9 Å². The van der Waals surface area contributed by atoms with Crippen molar-refractivity contribution in [3.8, 4) is 11.1 Å². The van der Waals surface area contributed by atoms with Gasteiger partial charge in [-0.15, -0.1) is 0 Å². The first-order valence-electron chi connectivity index (χ1n) is 12.8. The van der Waals surface area contributed by atoms with E-state index in [-0.39, 0.29) is 0 Å². The van der Waals surface area contributed by atoms with Crippen molar-refractivity contribution in [2.75, 3.05) is 19.6 Å². The van der Waals surface area contributed by atoms with E-state index in [1.54, 1.807) is 0 Å². The fourth-order valence-corrected chi connectivity index (χ4v) is 6.25. The Morgan fingerprint density at radius 1 is 0.879 bits per heavy atom. The van der Waals surface area contributed by atoms with Crippen LogP contribution in [0.4, 0.5) is 0 Å². The first-order chi connectivity index (χ1) is 16.4. The van der Waals surface area contributed by atoms with Gasteiger partial charge >= 0.3 is 0 Å². The Morgan fingerprint density at radius 2 is 1.76 bits per heavy atom. The molecular formula is C29H34N4. The molecule has 1 atom stereocenters. The third-order valence-electron chi connectivity index (χ3n) is 8.06. The lowest BCUT2D eigenvalue weighted by molar-refractivity contribution is 0.147. The van der Waals surface area contributed by atoms with Crippen molar-refractivity contribution < 1.29 is 0 Å². The second kappa shape index (κ2) is 9.36. The predicted molar refractivity (Wildman–Crippen MR) is 133 cm³/mol. The van der Waals surface area contributed by atoms with E-state index < -0.39 is 0 Å². The minimum Gasteiger partial charge on any atom is -0.317 e. The molecule has 0 amide bonds. The lowest BCUT2D eigenvalue weighted by atomic mass is 9.89. The molecule has 1 fully saturated rings. The quantitative estimate of drug-likeness (QED) is 0.442. The van der Waals surface area contributed by atoms with Crippen molar-refractivity contribution in [2.24, 2.45) is 5.92 Å². The van der Waals surface area contributed by atoms with E-state index >= 15 is 0 Å². The molecule has 0 radical (unpaired) electrons. The number of rotatable bonds is 6. The van der Waals surface area contributed by atoms with Crippen LogP contribution in [0, 0.1) is 5.92 Å². The van der Waals surface area contributed by atoms with Gasteiger partial charge in [-0.2, -0.15) is 0 Å². The molecule has 3 aromatic rings. The van der Waals surface area contributed by atoms with Gasteiger partial charge in [0.25, 0.3) is 0 Å². The molecule has 0 spiro atoms. The number of nitrogens with one attached hydrogen (secondary N) is 1. The maximum atomic E-state index is 4.95. The maximum Gasteiger partial charge on any atom is 0.0607 e. The zero-order chi connectivity index (χ0) is 22.0. The second-order valence-electron chi connectivity index (χ2n) is 10.0. The summed E-state index contributed by atoms with van der Waals surface area (Å²) in [5.41, 5.74) is 9.66. The van der Waals surface area contributed by atoms with Gasteiger partial charge < -0.3 is 5.32 Å². The molecule has 6 rings (SSSR count). The summed E-state index contributed by atoms with van der Waals surface area (Å²) in [7, 11) is 0. The van der Waals surface area contributed by atoms with Gasteiger partial charge in [0.1, 0.15) is 0 Å². The van der Waals surface area contributed by atoms with Crippen LogP contribution in [0.1, 0.15) is 66.2 Å². The number of benzene rings is 1. The Labute approximate surface area is 197 Å². The highest BCUT2D eigenvalue weighted by Crippen LogP contribution is 2.39. The van der Waals surface area contributed by atoms with Crippen LogP contribution in [-0.4, -0.2) is 34.5 Å². The molecule has 3 heterocycles. The predicted octanol–water partition coefficient (Wildman–Crippen LogP) is 5.32. The van der Waals surface area contributed by atoms with E-state index in [1.165, 1.54) is 84.4 Å². The van der Waals surface area contributed by atoms with E-state index in [9.17, 15) is 0 Å². The van der Waals surface area contributed by atoms with Crippen molar-refractivity contribution in [1.29, 1.82) is 0 Å². The minimum atomic E-state index is 0.401. The molecule has 33 heavy (non-hydrogen) atoms. The number of nitrogens with zero attached hydrogens (tertiary/aromatic N) is 3. The summed E-state index contributed by atoms with van der Waals surface area (Å²) in [6, 6.07) is 15.9. The van der Waals surface area contributed by atoms with Gasteiger partial charge in [-0.1, -0.05) is 30.3 Å². The highest BCUT2D eigenvalue weighted by atomic mass is 15.2. The summed E-state index contributed by atoms with van der Waals surface area (Å²) in [5, 5.41) is 3.52. The monoisotopic (exact) mass is 438 g/mol. The Balaban J connectivity index is 1.30. The van der Waals surface area contributed by atoms with E-state index in [0.717, 1.165) is 31.8 Å². The molecular weight excluding hydrogens is 404 g/mol. The van der Waals surface area contributed by atoms with Gasteiger partial charge in [0.2, 0.25) is 0 Å². The van der Waals surface area contributed by atoms with Gasteiger partial charge in [-0.3, -0.25) is 14.9 Å². The molecule has 2 aromatic heterocycles. The Kier molecular flexibility index (Phi) is 5.96. The van der Waals surface area contributed by atoms with E-state index in [0.29, 0.717) is 6.04 Å². The number of pyridine rings is 2. The van der Waals surface area contributed by atoms with Crippen LogP contribution < -0.4 is 5.32 Å². The molecule has 170 valence electrons. The van der Waals surface area contributed by atoms with Gasteiger partial charge in [0.15, 0.2) is 0 Å². The maximum absolute atomic E-state index is 4.95. The van der Waals surface area contributed by atoms with E-state index in [2.05, 4.69) is 52.7 Å². The first-order valence-corrected chi connectivity index (χ1v) is 12.8. The van der Waals surface area contributed by atoms with Gasteiger partial charge in [-0.25, -0.2) is 0 Å². The normalized spacial score (nSPS) is 19.8. The lowest BCUT2D eigenvalue weighted by Gasteiger charge is -2.36. The summed E-state index contributed by atoms with van der Waals surface area (Å²) in [5.74, 6) is 0.833. The molecule has 1 unspecified atom stereocenters. The molecule has 4 heteroatoms. The van der Waals surface area contributed by atoms with Crippen molar-refractivity contribution >= 4 is 0 Å². The highest BCUT2D eigenvalue weighted by Gasteiger charge is 2.30. The minimum absolute atomic E-state index is 0.401. The third-order valence-corrected chi connectivity index (χ3v) is 8.06. The number of aryl methyl sites for hydroxylation is 1. The van der Waals surface area contributed by atoms with Crippen LogP contribution in [0.25, 0.3) is 11.1 Å². The fraction of sp³-hybridized carbons (Fsp3) is 0.448. The molecule has 1 aromatic carbocycles. The summed E-state index contributed by atoms with van der Waals surface area (Å²) in [6.45, 7) is 4.39. The van der Waals surface area contributed by atoms with Crippen molar-refractivity contribution in [1.82, 2.24) is 20.2 Å². The Bertz CT molecular complexity index is 1120. The molecule has 4 nitrogen and oxygen atoms in total. The SMILES string of the molecule is c1ccc2c(c1)Cc1c-2ccnc1CN(CCC1CCNCC1)C1CCCc2cccnc21. The summed E-state index contributed by atoms with van der Waals surface area (Å²) in [6.07, 6.45) is 12.5. The van der Waals surface area contributed by atoms with Crippen LogP contribution in [-0.2, 0) is 19.4 Å². The molecule has 1 aliphatic heterocycles. The molecule has 0 saturated carbocycles. The average molecular weight is 439 g/mol. The summed E-state index contributed by atoms with van der Waals surface area (Å²) < 4.78 is 0. The Hall–Kier alpha value is -2.56. The third kappa shape index (κ3) is 4.22. The summed E-state index contributed by atoms with van der Waals surface area (Å²) >= 11 is 0. The molecule has 1 saturated heterocycles. The van der Waals surface area contributed by atoms with Crippen LogP contribution >= 0.6 is 0 Å². The van der Waals surface area contributed by atoms with E-state index in [4.69, 9.17) is 9.97 Å². The van der Waals surface area contributed by atoms with Crippen molar-refractivity contribution in [2.45, 2.75) is 57.5 Å². The topological polar surface area (TPSA) is 41.1 Å². The molecule has 1 N–H and O–H groups in total. The van der Waals surface area contributed by atoms with Crippen LogP contribution in [0.2, 0.25) is 0 Å². The first kappa shape index (κ1) is 21.0. The van der Waals surface area contributed by atoms with Crippen LogP contribution in [0.5, 0.6) is 0 Å². The second-order valence-corrected chi connectivity index (χ2v) is 10.0. The number of hydrogen-bond acceptors (Lipinski definition) is 4. The summed E-state index contributed by atoms with van der Waals surface area (Å²) in [4.78, 5) is 12.6. The zero-order valence-corrected chi connectivity index (χ0v) is 19.5. The smallest absolute Gasteiger partial charge is 0.0607 e. The molecule has 0 bridgehead atoms. The van der Waals surface area contributed by atoms with Gasteiger partial charge in [-0.05, 0) is 104 Å². The van der Waals surface area contributed by atoms with Crippen molar-refractivity contribution in [3.05, 3.63) is 82.9 Å². The molecule has 3 aliphatic rings. The number of fused-ring (bicyclic) bond motifs is 4. The molecule has 2 aliphatic carbocycles. The average Bonchev–Trinajstić information content (AvgIpc) is 3.26. The van der Waals surface area contributed by atoms with Crippen LogP contribution in [0.3, 0.4) is 0 Å².